The third-order valence-corrected chi connectivity index (χ3v) is 4.70. The van der Waals surface area contributed by atoms with E-state index in [0.717, 1.165) is 0 Å². The van der Waals surface area contributed by atoms with E-state index >= 15 is 0 Å². The predicted octanol–water partition coefficient (Wildman–Crippen LogP) is 1.49. The van der Waals surface area contributed by atoms with Gasteiger partial charge in [-0.25, -0.2) is 0 Å². The summed E-state index contributed by atoms with van der Waals surface area (Å²) >= 11 is 0. The van der Waals surface area contributed by atoms with Crippen LogP contribution in [0.2, 0.25) is 0 Å². The van der Waals surface area contributed by atoms with Crippen molar-refractivity contribution in [1.82, 2.24) is 9.80 Å². The Bertz CT molecular complexity index is 682. The number of piperazine rings is 1. The van der Waals surface area contributed by atoms with Gasteiger partial charge in [0.15, 0.2) is 11.5 Å². The number of rotatable bonds is 2. The smallest absolute Gasteiger partial charge is 0.254 e. The van der Waals surface area contributed by atoms with Crippen LogP contribution >= 0.6 is 12.4 Å². The van der Waals surface area contributed by atoms with Crippen LogP contribution in [0.4, 0.5) is 0 Å². The van der Waals surface area contributed by atoms with Crippen LogP contribution in [0.25, 0.3) is 0 Å². The molecule has 8 heteroatoms. The number of ether oxygens (including phenoxy) is 2. The summed E-state index contributed by atoms with van der Waals surface area (Å²) in [5, 5.41) is 0. The van der Waals surface area contributed by atoms with E-state index in [1.807, 2.05) is 20.8 Å². The molecule has 1 fully saturated rings. The first-order valence-corrected chi connectivity index (χ1v) is 8.50. The molecule has 26 heavy (non-hydrogen) atoms. The van der Waals surface area contributed by atoms with Crippen molar-refractivity contribution in [2.45, 2.75) is 26.8 Å². The molecule has 1 saturated heterocycles. The summed E-state index contributed by atoms with van der Waals surface area (Å²) in [6, 6.07) is 4.65. The Labute approximate surface area is 159 Å². The van der Waals surface area contributed by atoms with Crippen LogP contribution in [0.1, 0.15) is 31.1 Å². The Balaban J connectivity index is 0.00000243. The van der Waals surface area contributed by atoms with Crippen LogP contribution in [0, 0.1) is 5.41 Å². The lowest BCUT2D eigenvalue weighted by Gasteiger charge is -2.38. The molecule has 1 aromatic rings. The SMILES string of the molecule is CC(C)(C)[C@H](N)C(=O)N1CCN(C(=O)c2ccc3c(c2)OCO3)CC1.Cl. The normalized spacial score (nSPS) is 17.5. The number of carbonyl (C=O) groups is 2. The number of fused-ring (bicyclic) bond motifs is 1. The third-order valence-electron chi connectivity index (χ3n) is 4.70. The molecular formula is C18H26ClN3O4. The first-order chi connectivity index (χ1) is 11.8. The van der Waals surface area contributed by atoms with Crippen molar-refractivity contribution in [2.75, 3.05) is 33.0 Å². The highest BCUT2D eigenvalue weighted by Crippen LogP contribution is 2.32. The molecule has 2 amide bonds. The zero-order valence-corrected chi connectivity index (χ0v) is 16.2. The first-order valence-electron chi connectivity index (χ1n) is 8.50. The van der Waals surface area contributed by atoms with Crippen LogP contribution in [0.15, 0.2) is 18.2 Å². The molecule has 0 aliphatic carbocycles. The number of hydrogen-bond donors (Lipinski definition) is 1. The molecule has 144 valence electrons. The topological polar surface area (TPSA) is 85.1 Å². The summed E-state index contributed by atoms with van der Waals surface area (Å²) in [5.74, 6) is 1.13. The average molecular weight is 384 g/mol. The van der Waals surface area contributed by atoms with Crippen LogP contribution in [0.5, 0.6) is 11.5 Å². The van der Waals surface area contributed by atoms with Gasteiger partial charge in [0.05, 0.1) is 6.04 Å². The lowest BCUT2D eigenvalue weighted by Crippen LogP contribution is -2.56. The molecule has 1 atom stereocenters. The maximum atomic E-state index is 12.7. The Morgan fingerprint density at radius 1 is 1.04 bits per heavy atom. The van der Waals surface area contributed by atoms with E-state index in [1.165, 1.54) is 0 Å². The fraction of sp³-hybridized carbons (Fsp3) is 0.556. The van der Waals surface area contributed by atoms with Gasteiger partial charge in [-0.05, 0) is 23.6 Å². The summed E-state index contributed by atoms with van der Waals surface area (Å²) in [7, 11) is 0. The average Bonchev–Trinajstić information content (AvgIpc) is 3.06. The van der Waals surface area contributed by atoms with Crippen molar-refractivity contribution in [3.8, 4) is 11.5 Å². The predicted molar refractivity (Wildman–Crippen MR) is 99.7 cm³/mol. The molecular weight excluding hydrogens is 358 g/mol. The highest BCUT2D eigenvalue weighted by Gasteiger charge is 2.33. The van der Waals surface area contributed by atoms with Gasteiger partial charge in [-0.1, -0.05) is 20.8 Å². The number of amides is 2. The highest BCUT2D eigenvalue weighted by molar-refractivity contribution is 5.95. The summed E-state index contributed by atoms with van der Waals surface area (Å²) in [6.07, 6.45) is 0. The number of halogens is 1. The number of hydrogen-bond acceptors (Lipinski definition) is 5. The van der Waals surface area contributed by atoms with E-state index < -0.39 is 6.04 Å². The molecule has 0 spiro atoms. The van der Waals surface area contributed by atoms with Crippen molar-refractivity contribution in [3.05, 3.63) is 23.8 Å². The minimum absolute atomic E-state index is 0. The van der Waals surface area contributed by atoms with Crippen molar-refractivity contribution >= 4 is 24.2 Å². The van der Waals surface area contributed by atoms with Crippen molar-refractivity contribution < 1.29 is 19.1 Å². The first kappa shape index (κ1) is 20.3. The standard InChI is InChI=1S/C18H25N3O4.ClH/c1-18(2,3)15(19)17(23)21-8-6-20(7-9-21)16(22)12-4-5-13-14(10-12)25-11-24-13;/h4-5,10,15H,6-9,11,19H2,1-3H3;1H/t15-;/m1./s1. The molecule has 0 unspecified atom stereocenters. The quantitative estimate of drug-likeness (QED) is 0.836. The summed E-state index contributed by atoms with van der Waals surface area (Å²) in [5.41, 5.74) is 6.35. The van der Waals surface area contributed by atoms with E-state index in [9.17, 15) is 9.59 Å². The Hall–Kier alpha value is -1.99. The monoisotopic (exact) mass is 383 g/mol. The van der Waals surface area contributed by atoms with Crippen LogP contribution in [-0.2, 0) is 4.79 Å². The fourth-order valence-electron chi connectivity index (χ4n) is 2.91. The lowest BCUT2D eigenvalue weighted by molar-refractivity contribution is -0.136. The van der Waals surface area contributed by atoms with Crippen LogP contribution < -0.4 is 15.2 Å². The Morgan fingerprint density at radius 2 is 1.62 bits per heavy atom. The Morgan fingerprint density at radius 3 is 2.23 bits per heavy atom. The van der Waals surface area contributed by atoms with E-state index in [0.29, 0.717) is 43.2 Å². The fourth-order valence-corrected chi connectivity index (χ4v) is 2.91. The lowest BCUT2D eigenvalue weighted by atomic mass is 9.86. The van der Waals surface area contributed by atoms with Gasteiger partial charge in [-0.3, -0.25) is 9.59 Å². The molecule has 2 aliphatic rings. The number of nitrogens with zero attached hydrogens (tertiary/aromatic N) is 2. The zero-order chi connectivity index (χ0) is 18.2. The largest absolute Gasteiger partial charge is 0.454 e. The second kappa shape index (κ2) is 7.72. The highest BCUT2D eigenvalue weighted by atomic mass is 35.5. The van der Waals surface area contributed by atoms with Gasteiger partial charge < -0.3 is 25.0 Å². The maximum Gasteiger partial charge on any atom is 0.254 e. The van der Waals surface area contributed by atoms with E-state index in [2.05, 4.69) is 0 Å². The van der Waals surface area contributed by atoms with Gasteiger partial charge in [0.2, 0.25) is 12.7 Å². The van der Waals surface area contributed by atoms with Gasteiger partial charge in [-0.15, -0.1) is 12.4 Å². The summed E-state index contributed by atoms with van der Waals surface area (Å²) < 4.78 is 10.6. The minimum atomic E-state index is -0.538. The van der Waals surface area contributed by atoms with E-state index in [1.54, 1.807) is 28.0 Å². The molecule has 7 nitrogen and oxygen atoms in total. The molecule has 0 aromatic heterocycles. The van der Waals surface area contributed by atoms with E-state index in [-0.39, 0.29) is 36.4 Å². The second-order valence-electron chi connectivity index (χ2n) is 7.53. The minimum Gasteiger partial charge on any atom is -0.454 e. The van der Waals surface area contributed by atoms with Crippen LogP contribution in [0.3, 0.4) is 0 Å². The number of benzene rings is 1. The van der Waals surface area contributed by atoms with Crippen LogP contribution in [-0.4, -0.2) is 60.6 Å². The maximum absolute atomic E-state index is 12.7. The number of nitrogens with two attached hydrogens (primary N) is 1. The zero-order valence-electron chi connectivity index (χ0n) is 15.4. The van der Waals surface area contributed by atoms with Gasteiger partial charge in [0, 0.05) is 31.7 Å². The van der Waals surface area contributed by atoms with Crippen molar-refractivity contribution in [2.24, 2.45) is 11.1 Å². The molecule has 0 saturated carbocycles. The van der Waals surface area contributed by atoms with Crippen molar-refractivity contribution in [3.63, 3.8) is 0 Å². The summed E-state index contributed by atoms with van der Waals surface area (Å²) in [6.45, 7) is 8.03. The van der Waals surface area contributed by atoms with Gasteiger partial charge >= 0.3 is 0 Å². The molecule has 2 heterocycles. The molecule has 0 bridgehead atoms. The summed E-state index contributed by atoms with van der Waals surface area (Å²) in [4.78, 5) is 28.7. The van der Waals surface area contributed by atoms with Gasteiger partial charge in [-0.2, -0.15) is 0 Å². The molecule has 1 aromatic carbocycles. The van der Waals surface area contributed by atoms with E-state index in [4.69, 9.17) is 15.2 Å². The Kier molecular flexibility index (Phi) is 6.03. The molecule has 0 radical (unpaired) electrons. The number of carbonyl (C=O) groups excluding carboxylic acids is 2. The third kappa shape index (κ3) is 4.04. The van der Waals surface area contributed by atoms with Gasteiger partial charge in [0.25, 0.3) is 5.91 Å². The molecule has 3 rings (SSSR count). The van der Waals surface area contributed by atoms with Gasteiger partial charge in [0.1, 0.15) is 0 Å². The van der Waals surface area contributed by atoms with Crippen molar-refractivity contribution in [1.29, 1.82) is 0 Å². The second-order valence-corrected chi connectivity index (χ2v) is 7.53. The molecule has 2 N–H and O–H groups in total. The molecule has 2 aliphatic heterocycles.